The Bertz CT molecular complexity index is 957. The zero-order chi connectivity index (χ0) is 19.7. The van der Waals surface area contributed by atoms with Crippen LogP contribution >= 0.6 is 0 Å². The first-order valence-corrected chi connectivity index (χ1v) is 9.33. The van der Waals surface area contributed by atoms with E-state index in [1.165, 1.54) is 6.07 Å². The zero-order valence-electron chi connectivity index (χ0n) is 15.2. The van der Waals surface area contributed by atoms with E-state index in [0.717, 1.165) is 23.2 Å². The molecule has 1 aliphatic heterocycles. The maximum Gasteiger partial charge on any atom is 0.251 e. The number of carboxylic acid groups (broad SMARTS) is 1. The molecule has 0 spiro atoms. The lowest BCUT2D eigenvalue weighted by molar-refractivity contribution is -0.305. The summed E-state index contributed by atoms with van der Waals surface area (Å²) in [6.45, 7) is 0.0318. The molecule has 1 amide bonds. The molecule has 0 bridgehead atoms. The predicted molar refractivity (Wildman–Crippen MR) is 101 cm³/mol. The van der Waals surface area contributed by atoms with Crippen LogP contribution in [-0.4, -0.2) is 18.4 Å². The van der Waals surface area contributed by atoms with Crippen molar-refractivity contribution in [2.24, 2.45) is 5.92 Å². The average Bonchev–Trinajstić information content (AvgIpc) is 3.16. The van der Waals surface area contributed by atoms with Crippen molar-refractivity contribution in [3.05, 3.63) is 77.1 Å². The summed E-state index contributed by atoms with van der Waals surface area (Å²) in [5.41, 5.74) is 3.35. The van der Waals surface area contributed by atoms with Gasteiger partial charge in [-0.05, 0) is 53.8 Å². The molecule has 1 aliphatic carbocycles. The van der Waals surface area contributed by atoms with Crippen LogP contribution in [0.4, 0.5) is 10.1 Å². The average molecular weight is 379 g/mol. The van der Waals surface area contributed by atoms with Gasteiger partial charge in [-0.3, -0.25) is 4.79 Å². The maximum absolute atomic E-state index is 13.7. The Morgan fingerprint density at radius 3 is 2.86 bits per heavy atom. The molecule has 2 aliphatic rings. The number of fused-ring (bicyclic) bond motifs is 3. The first-order valence-electron chi connectivity index (χ1n) is 9.33. The fourth-order valence-electron chi connectivity index (χ4n) is 4.15. The number of nitrogens with one attached hydrogen (secondary N) is 2. The highest BCUT2D eigenvalue weighted by atomic mass is 19.1. The summed E-state index contributed by atoms with van der Waals surface area (Å²) in [6, 6.07) is 12.1. The summed E-state index contributed by atoms with van der Waals surface area (Å²) in [4.78, 5) is 22.8. The molecular formula is C22H20FN2O3-. The molecule has 3 atom stereocenters. The lowest BCUT2D eigenvalue weighted by Crippen LogP contribution is -2.32. The number of amides is 1. The molecule has 0 saturated carbocycles. The van der Waals surface area contributed by atoms with Gasteiger partial charge in [0.15, 0.2) is 0 Å². The molecule has 28 heavy (non-hydrogen) atoms. The predicted octanol–water partition coefficient (Wildman–Crippen LogP) is 2.52. The van der Waals surface area contributed by atoms with E-state index in [1.54, 1.807) is 18.2 Å². The Labute approximate surface area is 162 Å². The molecule has 5 nitrogen and oxygen atoms in total. The molecule has 0 fully saturated rings. The second-order valence-electron chi connectivity index (χ2n) is 7.21. The Morgan fingerprint density at radius 2 is 2.07 bits per heavy atom. The van der Waals surface area contributed by atoms with Crippen LogP contribution in [0, 0.1) is 11.7 Å². The van der Waals surface area contributed by atoms with Gasteiger partial charge in [0, 0.05) is 36.1 Å². The van der Waals surface area contributed by atoms with Crippen LogP contribution in [0.25, 0.3) is 0 Å². The van der Waals surface area contributed by atoms with Crippen LogP contribution < -0.4 is 15.7 Å². The summed E-state index contributed by atoms with van der Waals surface area (Å²) in [7, 11) is 0. The Morgan fingerprint density at radius 1 is 1.21 bits per heavy atom. The van der Waals surface area contributed by atoms with Gasteiger partial charge >= 0.3 is 0 Å². The molecule has 144 valence electrons. The molecule has 2 N–H and O–H groups in total. The van der Waals surface area contributed by atoms with E-state index in [1.807, 2.05) is 18.2 Å². The van der Waals surface area contributed by atoms with E-state index >= 15 is 0 Å². The van der Waals surface area contributed by atoms with Crippen LogP contribution in [-0.2, 0) is 4.79 Å². The number of anilines is 1. The standard InChI is InChI=1S/C22H21FN2O3/c23-15-4-1-3-13(11-15)21-17-6-2-5-16(17)18-12-14(7-8-19(18)25-21)22(28)24-10-9-20(26)27/h1-5,7-8,11-12,16-17,21,25H,6,9-10H2,(H,24,28)(H,26,27)/p-1/t16-,17-,21-/m0/s1. The van der Waals surface area contributed by atoms with Gasteiger partial charge in [0.2, 0.25) is 0 Å². The molecule has 0 radical (unpaired) electrons. The number of allylic oxidation sites excluding steroid dienone is 2. The quantitative estimate of drug-likeness (QED) is 0.783. The maximum atomic E-state index is 13.7. The number of hydrogen-bond donors (Lipinski definition) is 2. The molecule has 2 aromatic carbocycles. The van der Waals surface area contributed by atoms with Crippen molar-refractivity contribution in [1.29, 1.82) is 0 Å². The largest absolute Gasteiger partial charge is 0.550 e. The van der Waals surface area contributed by atoms with Crippen molar-refractivity contribution in [2.75, 3.05) is 11.9 Å². The lowest BCUT2D eigenvalue weighted by Gasteiger charge is -2.37. The first kappa shape index (κ1) is 18.2. The smallest absolute Gasteiger partial charge is 0.251 e. The van der Waals surface area contributed by atoms with Gasteiger partial charge in [-0.2, -0.15) is 0 Å². The number of carbonyl (C=O) groups excluding carboxylic acids is 2. The highest BCUT2D eigenvalue weighted by Gasteiger charge is 2.38. The number of benzene rings is 2. The van der Waals surface area contributed by atoms with Crippen molar-refractivity contribution in [3.8, 4) is 0 Å². The van der Waals surface area contributed by atoms with Gasteiger partial charge in [0.05, 0.1) is 6.04 Å². The molecule has 0 unspecified atom stereocenters. The van der Waals surface area contributed by atoms with Gasteiger partial charge < -0.3 is 20.5 Å². The Kier molecular flexibility index (Phi) is 4.86. The summed E-state index contributed by atoms with van der Waals surface area (Å²) >= 11 is 0. The second-order valence-corrected chi connectivity index (χ2v) is 7.21. The Hall–Kier alpha value is -3.15. The van der Waals surface area contributed by atoms with E-state index < -0.39 is 5.97 Å². The number of carboxylic acids is 1. The van der Waals surface area contributed by atoms with Crippen LogP contribution in [0.15, 0.2) is 54.6 Å². The minimum Gasteiger partial charge on any atom is -0.550 e. The van der Waals surface area contributed by atoms with Crippen molar-refractivity contribution in [1.82, 2.24) is 5.32 Å². The van der Waals surface area contributed by atoms with Crippen molar-refractivity contribution >= 4 is 17.6 Å². The number of rotatable bonds is 5. The normalized spacial score (nSPS) is 22.1. The molecule has 4 rings (SSSR count). The van der Waals surface area contributed by atoms with Crippen LogP contribution in [0.1, 0.15) is 46.3 Å². The third-order valence-electron chi connectivity index (χ3n) is 5.45. The van der Waals surface area contributed by atoms with E-state index in [9.17, 15) is 19.1 Å². The SMILES string of the molecule is O=C([O-])CCNC(=O)c1ccc2c(c1)[C@H]1C=CC[C@@H]1[C@H](c1cccc(F)c1)N2. The van der Waals surface area contributed by atoms with E-state index in [4.69, 9.17) is 0 Å². The number of aliphatic carboxylic acids is 1. The molecular weight excluding hydrogens is 359 g/mol. The van der Waals surface area contributed by atoms with Gasteiger partial charge in [0.25, 0.3) is 5.91 Å². The van der Waals surface area contributed by atoms with Gasteiger partial charge in [-0.25, -0.2) is 4.39 Å². The highest BCUT2D eigenvalue weighted by molar-refractivity contribution is 5.95. The van der Waals surface area contributed by atoms with Gasteiger partial charge in [-0.15, -0.1) is 0 Å². The summed E-state index contributed by atoms with van der Waals surface area (Å²) in [5.74, 6) is -1.38. The summed E-state index contributed by atoms with van der Waals surface area (Å²) in [6.07, 6.45) is 4.93. The van der Waals surface area contributed by atoms with Gasteiger partial charge in [0.1, 0.15) is 5.82 Å². The van der Waals surface area contributed by atoms with E-state index in [-0.39, 0.29) is 42.6 Å². The fourth-order valence-corrected chi connectivity index (χ4v) is 4.15. The molecule has 0 saturated heterocycles. The summed E-state index contributed by atoms with van der Waals surface area (Å²) in [5, 5.41) is 16.6. The topological polar surface area (TPSA) is 81.3 Å². The molecule has 2 aromatic rings. The third kappa shape index (κ3) is 3.50. The zero-order valence-corrected chi connectivity index (χ0v) is 15.2. The van der Waals surface area contributed by atoms with Crippen LogP contribution in [0.2, 0.25) is 0 Å². The minimum atomic E-state index is -1.20. The number of carbonyl (C=O) groups is 2. The lowest BCUT2D eigenvalue weighted by atomic mass is 9.76. The monoisotopic (exact) mass is 379 g/mol. The molecule has 0 aromatic heterocycles. The number of hydrogen-bond acceptors (Lipinski definition) is 4. The van der Waals surface area contributed by atoms with E-state index in [0.29, 0.717) is 5.56 Å². The van der Waals surface area contributed by atoms with Crippen LogP contribution in [0.5, 0.6) is 0 Å². The second kappa shape index (κ2) is 7.46. The third-order valence-corrected chi connectivity index (χ3v) is 5.45. The minimum absolute atomic E-state index is 0.00839. The highest BCUT2D eigenvalue weighted by Crippen LogP contribution is 2.49. The van der Waals surface area contributed by atoms with Crippen LogP contribution in [0.3, 0.4) is 0 Å². The van der Waals surface area contributed by atoms with Crippen molar-refractivity contribution in [2.45, 2.75) is 24.8 Å². The summed E-state index contributed by atoms with van der Waals surface area (Å²) < 4.78 is 13.7. The van der Waals surface area contributed by atoms with Gasteiger partial charge in [-0.1, -0.05) is 24.3 Å². The van der Waals surface area contributed by atoms with Crippen molar-refractivity contribution < 1.29 is 19.1 Å². The first-order chi connectivity index (χ1) is 13.5. The fraction of sp³-hybridized carbons (Fsp3) is 0.273. The molecule has 6 heteroatoms. The molecule has 1 heterocycles. The van der Waals surface area contributed by atoms with E-state index in [2.05, 4.69) is 22.8 Å². The van der Waals surface area contributed by atoms with Crippen molar-refractivity contribution in [3.63, 3.8) is 0 Å². The number of halogens is 1. The Balaban J connectivity index is 1.60.